The van der Waals surface area contributed by atoms with Gasteiger partial charge in [-0.15, -0.1) is 0 Å². The summed E-state index contributed by atoms with van der Waals surface area (Å²) in [5.41, 5.74) is 1.66. The lowest BCUT2D eigenvalue weighted by atomic mass is 10.1. The molecule has 124 valence electrons. The molecule has 7 nitrogen and oxygen atoms in total. The molecule has 0 aliphatic rings. The van der Waals surface area contributed by atoms with Gasteiger partial charge in [0, 0.05) is 35.1 Å². The Bertz CT molecular complexity index is 849. The van der Waals surface area contributed by atoms with E-state index in [9.17, 15) is 18.5 Å². The summed E-state index contributed by atoms with van der Waals surface area (Å²) in [6.07, 6.45) is 1.66. The van der Waals surface area contributed by atoms with Crippen molar-refractivity contribution in [2.75, 3.05) is 17.3 Å². The predicted octanol–water partition coefficient (Wildman–Crippen LogP) is 2.69. The van der Waals surface area contributed by atoms with E-state index in [0.717, 1.165) is 5.69 Å². The summed E-state index contributed by atoms with van der Waals surface area (Å²) in [6.45, 7) is 3.65. The number of aryl methyl sites for hydroxylation is 1. The van der Waals surface area contributed by atoms with E-state index >= 15 is 0 Å². The van der Waals surface area contributed by atoms with Crippen LogP contribution in [0.3, 0.4) is 0 Å². The van der Waals surface area contributed by atoms with Gasteiger partial charge in [-0.05, 0) is 26.3 Å². The lowest BCUT2D eigenvalue weighted by Gasteiger charge is -2.17. The largest absolute Gasteiger partial charge is 0.382 e. The van der Waals surface area contributed by atoms with Crippen molar-refractivity contribution in [2.24, 2.45) is 0 Å². The molecule has 1 aromatic heterocycles. The average molecular weight is 337 g/mol. The standard InChI is InChI=1S/C15H19N3O4S/c1-10(7-8-23(3,21)22)16-13-9-11(2)17-15-12(13)5-4-6-14(15)18(19)20/h4-6,9-10H,7-8H2,1-3H3,(H,16,17)/t10-/m1/s1. The van der Waals surface area contributed by atoms with Crippen LogP contribution in [0.25, 0.3) is 10.9 Å². The smallest absolute Gasteiger partial charge is 0.295 e. The van der Waals surface area contributed by atoms with Crippen molar-refractivity contribution in [1.29, 1.82) is 0 Å². The Morgan fingerprint density at radius 3 is 2.70 bits per heavy atom. The number of aromatic nitrogens is 1. The number of sulfone groups is 1. The van der Waals surface area contributed by atoms with Crippen LogP contribution in [-0.2, 0) is 9.84 Å². The van der Waals surface area contributed by atoms with Gasteiger partial charge in [0.25, 0.3) is 5.69 Å². The summed E-state index contributed by atoms with van der Waals surface area (Å²) in [5.74, 6) is 0.0866. The van der Waals surface area contributed by atoms with Gasteiger partial charge in [-0.2, -0.15) is 0 Å². The third kappa shape index (κ3) is 4.38. The number of rotatable bonds is 6. The van der Waals surface area contributed by atoms with E-state index in [0.29, 0.717) is 23.0 Å². The van der Waals surface area contributed by atoms with Crippen molar-refractivity contribution < 1.29 is 13.3 Å². The predicted molar refractivity (Wildman–Crippen MR) is 90.5 cm³/mol. The van der Waals surface area contributed by atoms with Gasteiger partial charge in [0.1, 0.15) is 9.84 Å². The van der Waals surface area contributed by atoms with Gasteiger partial charge in [0.15, 0.2) is 5.52 Å². The molecule has 1 heterocycles. The van der Waals surface area contributed by atoms with E-state index in [4.69, 9.17) is 0 Å². The summed E-state index contributed by atoms with van der Waals surface area (Å²) in [5, 5.41) is 15.0. The number of nitro groups is 1. The number of pyridine rings is 1. The van der Waals surface area contributed by atoms with Gasteiger partial charge < -0.3 is 5.32 Å². The summed E-state index contributed by atoms with van der Waals surface area (Å²) >= 11 is 0. The maximum atomic E-state index is 11.3. The van der Waals surface area contributed by atoms with Crippen LogP contribution < -0.4 is 5.32 Å². The summed E-state index contributed by atoms with van der Waals surface area (Å²) in [4.78, 5) is 15.0. The zero-order valence-corrected chi connectivity index (χ0v) is 14.1. The topological polar surface area (TPSA) is 102 Å². The monoisotopic (exact) mass is 337 g/mol. The molecule has 0 unspecified atom stereocenters. The number of benzene rings is 1. The Morgan fingerprint density at radius 1 is 1.39 bits per heavy atom. The number of anilines is 1. The number of non-ortho nitro benzene ring substituents is 1. The quantitative estimate of drug-likeness (QED) is 0.642. The Kier molecular flexibility index (Phi) is 4.84. The highest BCUT2D eigenvalue weighted by molar-refractivity contribution is 7.90. The molecule has 0 radical (unpaired) electrons. The van der Waals surface area contributed by atoms with Crippen LogP contribution in [0.1, 0.15) is 19.0 Å². The maximum absolute atomic E-state index is 11.3. The first-order valence-electron chi connectivity index (χ1n) is 7.16. The van der Waals surface area contributed by atoms with Crippen molar-refractivity contribution in [3.05, 3.63) is 40.1 Å². The number of hydrogen-bond acceptors (Lipinski definition) is 6. The molecular weight excluding hydrogens is 318 g/mol. The minimum Gasteiger partial charge on any atom is -0.382 e. The molecule has 1 aromatic carbocycles. The highest BCUT2D eigenvalue weighted by atomic mass is 32.2. The SMILES string of the molecule is Cc1cc(N[C@H](C)CCS(C)(=O)=O)c2cccc([N+](=O)[O-])c2n1. The molecule has 2 aromatic rings. The number of nitrogens with one attached hydrogen (secondary N) is 1. The molecule has 0 spiro atoms. The second-order valence-electron chi connectivity index (χ2n) is 5.71. The van der Waals surface area contributed by atoms with Crippen LogP contribution in [0.5, 0.6) is 0 Å². The van der Waals surface area contributed by atoms with Gasteiger partial charge >= 0.3 is 0 Å². The van der Waals surface area contributed by atoms with E-state index in [-0.39, 0.29) is 17.5 Å². The fraction of sp³-hybridized carbons (Fsp3) is 0.400. The fourth-order valence-corrected chi connectivity index (χ4v) is 3.14. The molecule has 0 fully saturated rings. The molecule has 0 saturated heterocycles. The number of nitrogens with zero attached hydrogens (tertiary/aromatic N) is 2. The summed E-state index contributed by atoms with van der Waals surface area (Å²) in [7, 11) is -3.02. The van der Waals surface area contributed by atoms with Gasteiger partial charge in [-0.1, -0.05) is 12.1 Å². The van der Waals surface area contributed by atoms with Crippen LogP contribution in [0, 0.1) is 17.0 Å². The summed E-state index contributed by atoms with van der Waals surface area (Å²) < 4.78 is 22.5. The average Bonchev–Trinajstić information content (AvgIpc) is 2.43. The lowest BCUT2D eigenvalue weighted by Crippen LogP contribution is -2.19. The van der Waals surface area contributed by atoms with Gasteiger partial charge in [-0.25, -0.2) is 13.4 Å². The Hall–Kier alpha value is -2.22. The van der Waals surface area contributed by atoms with E-state index in [1.807, 2.05) is 13.0 Å². The van der Waals surface area contributed by atoms with Gasteiger partial charge in [0.05, 0.1) is 10.7 Å². The van der Waals surface area contributed by atoms with E-state index < -0.39 is 14.8 Å². The molecule has 0 aliphatic heterocycles. The molecule has 2 rings (SSSR count). The normalized spacial score (nSPS) is 13.0. The number of hydrogen-bond donors (Lipinski definition) is 1. The van der Waals surface area contributed by atoms with Crippen LogP contribution in [-0.4, -0.2) is 36.4 Å². The highest BCUT2D eigenvalue weighted by Gasteiger charge is 2.16. The number of para-hydroxylation sites is 1. The van der Waals surface area contributed by atoms with Crippen LogP contribution in [0.2, 0.25) is 0 Å². The Balaban J connectivity index is 2.37. The van der Waals surface area contributed by atoms with Crippen molar-refractivity contribution in [3.63, 3.8) is 0 Å². The Labute approximate surface area is 134 Å². The number of fused-ring (bicyclic) bond motifs is 1. The first-order chi connectivity index (χ1) is 10.7. The molecule has 8 heteroatoms. The number of nitro benzene ring substituents is 1. The van der Waals surface area contributed by atoms with Crippen molar-refractivity contribution in [2.45, 2.75) is 26.3 Å². The molecule has 23 heavy (non-hydrogen) atoms. The van der Waals surface area contributed by atoms with Crippen LogP contribution in [0.4, 0.5) is 11.4 Å². The molecule has 0 aliphatic carbocycles. The first-order valence-corrected chi connectivity index (χ1v) is 9.22. The third-order valence-corrected chi connectivity index (χ3v) is 4.44. The third-order valence-electron chi connectivity index (χ3n) is 3.47. The summed E-state index contributed by atoms with van der Waals surface area (Å²) in [6, 6.07) is 6.52. The van der Waals surface area contributed by atoms with Crippen molar-refractivity contribution in [1.82, 2.24) is 4.98 Å². The molecular formula is C15H19N3O4S. The van der Waals surface area contributed by atoms with E-state index in [1.54, 1.807) is 19.1 Å². The van der Waals surface area contributed by atoms with Crippen LogP contribution in [0.15, 0.2) is 24.3 Å². The van der Waals surface area contributed by atoms with Crippen LogP contribution >= 0.6 is 0 Å². The molecule has 0 amide bonds. The van der Waals surface area contributed by atoms with Gasteiger partial charge in [-0.3, -0.25) is 10.1 Å². The highest BCUT2D eigenvalue weighted by Crippen LogP contribution is 2.30. The fourth-order valence-electron chi connectivity index (χ4n) is 2.36. The van der Waals surface area contributed by atoms with E-state index in [1.165, 1.54) is 12.3 Å². The molecule has 0 bridgehead atoms. The second-order valence-corrected chi connectivity index (χ2v) is 7.97. The van der Waals surface area contributed by atoms with E-state index in [2.05, 4.69) is 10.3 Å². The first kappa shape index (κ1) is 17.1. The Morgan fingerprint density at radius 2 is 2.09 bits per heavy atom. The maximum Gasteiger partial charge on any atom is 0.295 e. The molecule has 0 saturated carbocycles. The second kappa shape index (κ2) is 6.49. The molecule has 1 N–H and O–H groups in total. The van der Waals surface area contributed by atoms with Gasteiger partial charge in [0.2, 0.25) is 0 Å². The minimum absolute atomic E-state index is 0.0435. The lowest BCUT2D eigenvalue weighted by molar-refractivity contribution is -0.383. The zero-order valence-electron chi connectivity index (χ0n) is 13.2. The van der Waals surface area contributed by atoms with Crippen molar-refractivity contribution >= 4 is 32.1 Å². The zero-order chi connectivity index (χ0) is 17.2. The minimum atomic E-state index is -3.02. The molecule has 1 atom stereocenters. The van der Waals surface area contributed by atoms with Crippen molar-refractivity contribution in [3.8, 4) is 0 Å².